The molecule has 0 unspecified atom stereocenters. The van der Waals surface area contributed by atoms with Gasteiger partial charge in [0.05, 0.1) is 13.2 Å². The Morgan fingerprint density at radius 1 is 1.64 bits per heavy atom. The third-order valence-electron chi connectivity index (χ3n) is 2.87. The van der Waals surface area contributed by atoms with Gasteiger partial charge in [0.1, 0.15) is 0 Å². The fraction of sp³-hybridized carbons (Fsp3) is 0.778. The lowest BCUT2D eigenvalue weighted by Crippen LogP contribution is -2.58. The van der Waals surface area contributed by atoms with Crippen molar-refractivity contribution >= 4 is 23.6 Å². The molecule has 2 atom stereocenters. The van der Waals surface area contributed by atoms with Crippen molar-refractivity contribution in [1.29, 1.82) is 0 Å². The molecule has 0 bridgehead atoms. The number of thioether (sulfide) groups is 1. The first-order valence-corrected chi connectivity index (χ1v) is 5.42. The molecule has 0 N–H and O–H groups in total. The summed E-state index contributed by atoms with van der Waals surface area (Å²) in [7, 11) is 1.35. The van der Waals surface area contributed by atoms with Crippen molar-refractivity contribution < 1.29 is 14.3 Å². The Morgan fingerprint density at radius 2 is 2.29 bits per heavy atom. The molecule has 2 rings (SSSR count). The van der Waals surface area contributed by atoms with Crippen molar-refractivity contribution in [2.45, 2.75) is 36.4 Å². The van der Waals surface area contributed by atoms with Crippen molar-refractivity contribution in [3.8, 4) is 0 Å². The molecule has 2 aliphatic heterocycles. The van der Waals surface area contributed by atoms with Gasteiger partial charge in [-0.25, -0.2) is 4.79 Å². The first-order valence-electron chi connectivity index (χ1n) is 4.54. The van der Waals surface area contributed by atoms with Crippen LogP contribution in [0.2, 0.25) is 0 Å². The minimum Gasteiger partial charge on any atom is -0.467 e. The van der Waals surface area contributed by atoms with E-state index in [4.69, 9.17) is 0 Å². The second-order valence-electron chi connectivity index (χ2n) is 4.12. The van der Waals surface area contributed by atoms with Gasteiger partial charge < -0.3 is 9.64 Å². The van der Waals surface area contributed by atoms with Crippen LogP contribution in [0.5, 0.6) is 0 Å². The predicted molar refractivity (Wildman–Crippen MR) is 52.7 cm³/mol. The molecule has 2 saturated heterocycles. The van der Waals surface area contributed by atoms with Gasteiger partial charge in [-0.1, -0.05) is 0 Å². The lowest BCUT2D eigenvalue weighted by Gasteiger charge is -2.40. The zero-order chi connectivity index (χ0) is 10.5. The van der Waals surface area contributed by atoms with Gasteiger partial charge in [0.25, 0.3) is 0 Å². The molecule has 0 aromatic rings. The number of hydrogen-bond donors (Lipinski definition) is 0. The number of carbonyl (C=O) groups is 2. The Balaban J connectivity index is 2.21. The summed E-state index contributed by atoms with van der Waals surface area (Å²) >= 11 is 1.51. The number of methoxy groups -OCH3 is 1. The third kappa shape index (κ3) is 1.15. The van der Waals surface area contributed by atoms with Crippen LogP contribution in [0.15, 0.2) is 0 Å². The molecule has 78 valence electrons. The van der Waals surface area contributed by atoms with Crippen LogP contribution < -0.4 is 0 Å². The van der Waals surface area contributed by atoms with Gasteiger partial charge in [0, 0.05) is 11.2 Å². The Morgan fingerprint density at radius 3 is 2.79 bits per heavy atom. The summed E-state index contributed by atoms with van der Waals surface area (Å²) in [6, 6.07) is 0.198. The fourth-order valence-electron chi connectivity index (χ4n) is 1.99. The zero-order valence-electron chi connectivity index (χ0n) is 8.44. The van der Waals surface area contributed by atoms with Crippen molar-refractivity contribution in [1.82, 2.24) is 4.90 Å². The SMILES string of the molecule is COC(=O)[C@H]1SC(C)(C)[C@H]2CC(=O)N12. The number of β-lactam (4-membered cyclic amide) rings is 1. The molecule has 2 fully saturated rings. The maximum atomic E-state index is 11.4. The quantitative estimate of drug-likeness (QED) is 0.475. The number of ether oxygens (including phenoxy) is 1. The fourth-order valence-corrected chi connectivity index (χ4v) is 3.49. The largest absolute Gasteiger partial charge is 0.467 e. The average Bonchev–Trinajstić information content (AvgIpc) is 2.31. The molecule has 5 heteroatoms. The third-order valence-corrected chi connectivity index (χ3v) is 4.39. The zero-order valence-corrected chi connectivity index (χ0v) is 9.26. The maximum Gasteiger partial charge on any atom is 0.339 e. The molecular formula is C9H13NO3S. The van der Waals surface area contributed by atoms with E-state index < -0.39 is 5.37 Å². The Hall–Kier alpha value is -0.710. The van der Waals surface area contributed by atoms with E-state index in [1.165, 1.54) is 18.9 Å². The summed E-state index contributed by atoms with van der Waals surface area (Å²) in [6.45, 7) is 4.12. The molecule has 0 aliphatic carbocycles. The highest BCUT2D eigenvalue weighted by molar-refractivity contribution is 8.02. The smallest absolute Gasteiger partial charge is 0.339 e. The second kappa shape index (κ2) is 2.89. The number of esters is 1. The second-order valence-corrected chi connectivity index (χ2v) is 5.85. The van der Waals surface area contributed by atoms with Gasteiger partial charge in [-0.3, -0.25) is 4.79 Å². The van der Waals surface area contributed by atoms with Crippen LogP contribution in [-0.4, -0.2) is 40.0 Å². The summed E-state index contributed by atoms with van der Waals surface area (Å²) in [5.41, 5.74) is 0. The molecule has 4 nitrogen and oxygen atoms in total. The topological polar surface area (TPSA) is 46.6 Å². The van der Waals surface area contributed by atoms with Crippen LogP contribution in [0.1, 0.15) is 20.3 Å². The van der Waals surface area contributed by atoms with Crippen molar-refractivity contribution in [2.75, 3.05) is 7.11 Å². The van der Waals surface area contributed by atoms with Gasteiger partial charge in [0.15, 0.2) is 5.37 Å². The van der Waals surface area contributed by atoms with Crippen LogP contribution in [-0.2, 0) is 14.3 Å². The first kappa shape index (κ1) is 9.83. The van der Waals surface area contributed by atoms with E-state index in [0.717, 1.165) is 0 Å². The molecule has 0 aromatic carbocycles. The number of rotatable bonds is 1. The number of nitrogens with zero attached hydrogens (tertiary/aromatic N) is 1. The molecule has 0 aromatic heterocycles. The minimum absolute atomic E-state index is 0.0350. The standard InChI is InChI=1S/C9H13NO3S/c1-9(2)5-4-6(11)10(5)7(14-9)8(12)13-3/h5,7H,4H2,1-3H3/t5-,7-/m1/s1. The Bertz CT molecular complexity index is 302. The molecule has 0 spiro atoms. The summed E-state index contributed by atoms with van der Waals surface area (Å²) < 4.78 is 4.64. The molecule has 2 aliphatic rings. The van der Waals surface area contributed by atoms with Crippen molar-refractivity contribution in [3.05, 3.63) is 0 Å². The van der Waals surface area contributed by atoms with Crippen molar-refractivity contribution in [2.24, 2.45) is 0 Å². The molecule has 0 radical (unpaired) electrons. The van der Waals surface area contributed by atoms with Gasteiger partial charge in [0.2, 0.25) is 5.91 Å². The average molecular weight is 215 g/mol. The predicted octanol–water partition coefficient (Wildman–Crippen LogP) is 0.612. The van der Waals surface area contributed by atoms with E-state index in [2.05, 4.69) is 18.6 Å². The maximum absolute atomic E-state index is 11.4. The van der Waals surface area contributed by atoms with E-state index in [0.29, 0.717) is 6.42 Å². The number of fused-ring (bicyclic) bond motifs is 1. The van der Waals surface area contributed by atoms with E-state index in [9.17, 15) is 9.59 Å². The molecular weight excluding hydrogens is 202 g/mol. The van der Waals surface area contributed by atoms with E-state index in [1.54, 1.807) is 4.90 Å². The van der Waals surface area contributed by atoms with Crippen LogP contribution in [0.3, 0.4) is 0 Å². The molecule has 0 saturated carbocycles. The Kier molecular flexibility index (Phi) is 2.03. The minimum atomic E-state index is -0.429. The van der Waals surface area contributed by atoms with Crippen LogP contribution in [0, 0.1) is 0 Å². The molecule has 14 heavy (non-hydrogen) atoms. The summed E-state index contributed by atoms with van der Waals surface area (Å²) in [6.07, 6.45) is 0.563. The number of carbonyl (C=O) groups excluding carboxylic acids is 2. The summed E-state index contributed by atoms with van der Waals surface area (Å²) in [4.78, 5) is 24.4. The van der Waals surface area contributed by atoms with Gasteiger partial charge in [-0.15, -0.1) is 11.8 Å². The summed E-state index contributed by atoms with van der Waals surface area (Å²) in [5, 5.41) is -0.429. The highest BCUT2D eigenvalue weighted by Crippen LogP contribution is 2.50. The van der Waals surface area contributed by atoms with E-state index in [1.807, 2.05) is 0 Å². The van der Waals surface area contributed by atoms with Gasteiger partial charge in [-0.05, 0) is 13.8 Å². The Labute approximate surface area is 87.0 Å². The lowest BCUT2D eigenvalue weighted by molar-refractivity contribution is -0.157. The van der Waals surface area contributed by atoms with Crippen molar-refractivity contribution in [3.63, 3.8) is 0 Å². The van der Waals surface area contributed by atoms with Crippen LogP contribution in [0.4, 0.5) is 0 Å². The van der Waals surface area contributed by atoms with Gasteiger partial charge >= 0.3 is 5.97 Å². The first-order chi connectivity index (χ1) is 6.47. The normalized spacial score (nSPS) is 33.6. The molecule has 1 amide bonds. The number of amides is 1. The molecule has 2 heterocycles. The van der Waals surface area contributed by atoms with E-state index >= 15 is 0 Å². The van der Waals surface area contributed by atoms with Gasteiger partial charge in [-0.2, -0.15) is 0 Å². The number of hydrogen-bond acceptors (Lipinski definition) is 4. The van der Waals surface area contributed by atoms with Crippen LogP contribution in [0.25, 0.3) is 0 Å². The monoisotopic (exact) mass is 215 g/mol. The highest BCUT2D eigenvalue weighted by Gasteiger charge is 2.58. The highest BCUT2D eigenvalue weighted by atomic mass is 32.2. The van der Waals surface area contributed by atoms with Crippen LogP contribution >= 0.6 is 11.8 Å². The van der Waals surface area contributed by atoms with E-state index in [-0.39, 0.29) is 22.7 Å². The lowest BCUT2D eigenvalue weighted by atomic mass is 9.91. The summed E-state index contributed by atoms with van der Waals surface area (Å²) in [5.74, 6) is -0.262.